The second kappa shape index (κ2) is 7.56. The zero-order valence-corrected chi connectivity index (χ0v) is 15.3. The summed E-state index contributed by atoms with van der Waals surface area (Å²) in [5.41, 5.74) is 8.07. The number of rotatable bonds is 5. The second-order valence-electron chi connectivity index (χ2n) is 6.76. The minimum absolute atomic E-state index is 0.155. The topological polar surface area (TPSA) is 46.0 Å². The lowest BCUT2D eigenvalue weighted by atomic mass is 9.99. The Hall–Kier alpha value is -2.23. The number of hydrogen-bond donors (Lipinski definition) is 1. The highest BCUT2D eigenvalue weighted by atomic mass is 35.5. The first kappa shape index (κ1) is 17.2. The number of halogens is 1. The molecule has 0 saturated heterocycles. The first-order valence-electron chi connectivity index (χ1n) is 9.05. The van der Waals surface area contributed by atoms with Gasteiger partial charge in [-0.05, 0) is 66.6 Å². The van der Waals surface area contributed by atoms with Gasteiger partial charge in [0.15, 0.2) is 0 Å². The molecule has 0 amide bonds. The lowest BCUT2D eigenvalue weighted by Crippen LogP contribution is -2.02. The normalized spacial score (nSPS) is 13.0. The molecule has 0 aliphatic heterocycles. The third-order valence-electron chi connectivity index (χ3n) is 4.92. The fourth-order valence-electron chi connectivity index (χ4n) is 3.61. The van der Waals surface area contributed by atoms with Gasteiger partial charge in [0.2, 0.25) is 0 Å². The van der Waals surface area contributed by atoms with Gasteiger partial charge >= 0.3 is 0 Å². The molecule has 0 unspecified atom stereocenters. The van der Waals surface area contributed by atoms with E-state index in [4.69, 9.17) is 21.7 Å². The standard InChI is InChI=1S/C22H21ClN2O/c23-18-4-1-3-16(11-18)22-13-17(20-5-2-6-21(20)25-22)12-19-8-7-15(9-10-26)14-24-19/h1,3-4,7-8,11,13-14,26H,2,5-6,9-10,12H2. The number of aromatic nitrogens is 2. The van der Waals surface area contributed by atoms with Crippen molar-refractivity contribution >= 4 is 11.6 Å². The monoisotopic (exact) mass is 364 g/mol. The number of fused-ring (bicyclic) bond motifs is 1. The Morgan fingerprint density at radius 1 is 1.08 bits per heavy atom. The average Bonchev–Trinajstić information content (AvgIpc) is 3.12. The Kier molecular flexibility index (Phi) is 5.00. The molecule has 2 heterocycles. The van der Waals surface area contributed by atoms with Crippen molar-refractivity contribution in [3.8, 4) is 11.3 Å². The van der Waals surface area contributed by atoms with Crippen molar-refractivity contribution in [1.82, 2.24) is 9.97 Å². The Morgan fingerprint density at radius 2 is 2.00 bits per heavy atom. The van der Waals surface area contributed by atoms with Crippen molar-refractivity contribution < 1.29 is 5.11 Å². The van der Waals surface area contributed by atoms with E-state index in [1.807, 2.05) is 24.4 Å². The number of benzene rings is 1. The number of aryl methyl sites for hydroxylation is 1. The van der Waals surface area contributed by atoms with Gasteiger partial charge in [-0.2, -0.15) is 0 Å². The highest BCUT2D eigenvalue weighted by Crippen LogP contribution is 2.30. The van der Waals surface area contributed by atoms with Gasteiger partial charge in [-0.3, -0.25) is 9.97 Å². The van der Waals surface area contributed by atoms with Gasteiger partial charge in [0, 0.05) is 41.2 Å². The predicted octanol–water partition coefficient (Wildman–Crippen LogP) is 4.41. The predicted molar refractivity (Wildman–Crippen MR) is 105 cm³/mol. The molecule has 0 radical (unpaired) electrons. The van der Waals surface area contributed by atoms with Gasteiger partial charge in [-0.15, -0.1) is 0 Å². The molecular formula is C22H21ClN2O. The summed E-state index contributed by atoms with van der Waals surface area (Å²) in [6.45, 7) is 0.155. The maximum atomic E-state index is 9.04. The molecule has 3 aromatic rings. The van der Waals surface area contributed by atoms with Crippen molar-refractivity contribution in [1.29, 1.82) is 0 Å². The third kappa shape index (κ3) is 3.64. The maximum absolute atomic E-state index is 9.04. The van der Waals surface area contributed by atoms with Gasteiger partial charge in [-0.1, -0.05) is 29.8 Å². The summed E-state index contributed by atoms with van der Waals surface area (Å²) in [6, 6.07) is 14.2. The number of aliphatic hydroxyl groups is 1. The maximum Gasteiger partial charge on any atom is 0.0708 e. The summed E-state index contributed by atoms with van der Waals surface area (Å²) in [5, 5.41) is 9.77. The smallest absolute Gasteiger partial charge is 0.0708 e. The Morgan fingerprint density at radius 3 is 2.77 bits per heavy atom. The van der Waals surface area contributed by atoms with Crippen LogP contribution in [0.2, 0.25) is 5.02 Å². The van der Waals surface area contributed by atoms with Crippen LogP contribution in [-0.4, -0.2) is 21.7 Å². The highest BCUT2D eigenvalue weighted by molar-refractivity contribution is 6.30. The van der Waals surface area contributed by atoms with Crippen LogP contribution < -0.4 is 0 Å². The van der Waals surface area contributed by atoms with Gasteiger partial charge in [0.05, 0.1) is 5.69 Å². The summed E-state index contributed by atoms with van der Waals surface area (Å²) in [7, 11) is 0. The van der Waals surface area contributed by atoms with E-state index >= 15 is 0 Å². The SMILES string of the molecule is OCCc1ccc(Cc2cc(-c3cccc(Cl)c3)nc3c2CCC3)nc1. The first-order valence-corrected chi connectivity index (χ1v) is 9.43. The van der Waals surface area contributed by atoms with Crippen LogP contribution in [0.4, 0.5) is 0 Å². The molecule has 132 valence electrons. The second-order valence-corrected chi connectivity index (χ2v) is 7.20. The molecule has 1 aliphatic rings. The van der Waals surface area contributed by atoms with Crippen LogP contribution in [0, 0.1) is 0 Å². The van der Waals surface area contributed by atoms with E-state index in [1.54, 1.807) is 0 Å². The molecule has 3 nitrogen and oxygen atoms in total. The summed E-state index contributed by atoms with van der Waals surface area (Å²) in [4.78, 5) is 9.48. The molecule has 2 aromatic heterocycles. The number of hydrogen-bond acceptors (Lipinski definition) is 3. The van der Waals surface area contributed by atoms with Gasteiger partial charge < -0.3 is 5.11 Å². The summed E-state index contributed by atoms with van der Waals surface area (Å²) in [6.07, 6.45) is 6.62. The van der Waals surface area contributed by atoms with E-state index in [-0.39, 0.29) is 6.61 Å². The number of nitrogens with zero attached hydrogens (tertiary/aromatic N) is 2. The van der Waals surface area contributed by atoms with E-state index in [1.165, 1.54) is 16.8 Å². The third-order valence-corrected chi connectivity index (χ3v) is 5.16. The molecule has 1 aromatic carbocycles. The molecule has 4 rings (SSSR count). The molecular weight excluding hydrogens is 344 g/mol. The number of aliphatic hydroxyl groups excluding tert-OH is 1. The van der Waals surface area contributed by atoms with Crippen LogP contribution in [0.15, 0.2) is 48.7 Å². The summed E-state index contributed by atoms with van der Waals surface area (Å²) >= 11 is 6.17. The number of pyridine rings is 2. The van der Waals surface area contributed by atoms with Crippen molar-refractivity contribution in [3.63, 3.8) is 0 Å². The molecule has 0 fully saturated rings. The Labute approximate surface area is 158 Å². The fourth-order valence-corrected chi connectivity index (χ4v) is 3.80. The van der Waals surface area contributed by atoms with E-state index < -0.39 is 0 Å². The van der Waals surface area contributed by atoms with Crippen molar-refractivity contribution in [2.75, 3.05) is 6.61 Å². The fraction of sp³-hybridized carbons (Fsp3) is 0.273. The van der Waals surface area contributed by atoms with Gasteiger partial charge in [-0.25, -0.2) is 0 Å². The van der Waals surface area contributed by atoms with E-state index in [0.29, 0.717) is 6.42 Å². The summed E-state index contributed by atoms with van der Waals surface area (Å²) in [5.74, 6) is 0. The van der Waals surface area contributed by atoms with E-state index in [9.17, 15) is 0 Å². The highest BCUT2D eigenvalue weighted by Gasteiger charge is 2.19. The quantitative estimate of drug-likeness (QED) is 0.729. The van der Waals surface area contributed by atoms with Gasteiger partial charge in [0.1, 0.15) is 0 Å². The molecule has 4 heteroatoms. The van der Waals surface area contributed by atoms with Crippen LogP contribution in [-0.2, 0) is 25.7 Å². The van der Waals surface area contributed by atoms with Crippen LogP contribution in [0.1, 0.15) is 34.5 Å². The minimum atomic E-state index is 0.155. The van der Waals surface area contributed by atoms with Crippen molar-refractivity contribution in [2.45, 2.75) is 32.1 Å². The van der Waals surface area contributed by atoms with Crippen molar-refractivity contribution in [2.24, 2.45) is 0 Å². The zero-order chi connectivity index (χ0) is 17.9. The molecule has 0 spiro atoms. The lowest BCUT2D eigenvalue weighted by molar-refractivity contribution is 0.299. The van der Waals surface area contributed by atoms with Crippen LogP contribution in [0.25, 0.3) is 11.3 Å². The average molecular weight is 365 g/mol. The molecule has 0 bridgehead atoms. The molecule has 0 atom stereocenters. The van der Waals surface area contributed by atoms with Crippen LogP contribution >= 0.6 is 11.6 Å². The minimum Gasteiger partial charge on any atom is -0.396 e. The van der Waals surface area contributed by atoms with Crippen molar-refractivity contribution in [3.05, 3.63) is 81.8 Å². The zero-order valence-electron chi connectivity index (χ0n) is 14.6. The Balaban J connectivity index is 1.69. The first-order chi connectivity index (χ1) is 12.7. The largest absolute Gasteiger partial charge is 0.396 e. The van der Waals surface area contributed by atoms with E-state index in [2.05, 4.69) is 29.2 Å². The lowest BCUT2D eigenvalue weighted by Gasteiger charge is -2.12. The Bertz CT molecular complexity index is 922. The molecule has 26 heavy (non-hydrogen) atoms. The van der Waals surface area contributed by atoms with Crippen LogP contribution in [0.5, 0.6) is 0 Å². The molecule has 1 N–H and O–H groups in total. The summed E-state index contributed by atoms with van der Waals surface area (Å²) < 4.78 is 0. The molecule has 0 saturated carbocycles. The van der Waals surface area contributed by atoms with Crippen LogP contribution in [0.3, 0.4) is 0 Å². The van der Waals surface area contributed by atoms with E-state index in [0.717, 1.165) is 53.2 Å². The molecule has 1 aliphatic carbocycles. The van der Waals surface area contributed by atoms with Gasteiger partial charge in [0.25, 0.3) is 0 Å².